The number of benzene rings is 2. The van der Waals surface area contributed by atoms with Crippen LogP contribution in [0.3, 0.4) is 0 Å². The Kier molecular flexibility index (Phi) is 6.80. The van der Waals surface area contributed by atoms with Crippen LogP contribution in [0.4, 0.5) is 0 Å². The Morgan fingerprint density at radius 1 is 1.07 bits per heavy atom. The van der Waals surface area contributed by atoms with Crippen LogP contribution in [-0.4, -0.2) is 43.5 Å². The number of ether oxygens (including phenoxy) is 4. The summed E-state index contributed by atoms with van der Waals surface area (Å²) in [5, 5.41) is 3.91. The topological polar surface area (TPSA) is 92.9 Å². The first-order valence-electron chi connectivity index (χ1n) is 8.98. The number of rotatable bonds is 9. The molecule has 0 fully saturated rings. The van der Waals surface area contributed by atoms with Crippen LogP contribution in [0.2, 0.25) is 0 Å². The average molecular weight is 398 g/mol. The molecule has 2 aromatic carbocycles. The van der Waals surface area contributed by atoms with E-state index in [0.717, 1.165) is 5.56 Å². The highest BCUT2D eigenvalue weighted by Gasteiger charge is 2.22. The number of hydrogen-bond donors (Lipinski definition) is 0. The average Bonchev–Trinajstić information content (AvgIpc) is 3.18. The van der Waals surface area contributed by atoms with Crippen molar-refractivity contribution in [3.05, 3.63) is 59.5 Å². The Morgan fingerprint density at radius 2 is 1.86 bits per heavy atom. The second kappa shape index (κ2) is 9.70. The molecule has 0 saturated carbocycles. The van der Waals surface area contributed by atoms with Crippen LogP contribution >= 0.6 is 0 Å². The second-order valence-electron chi connectivity index (χ2n) is 6.09. The van der Waals surface area contributed by atoms with Crippen molar-refractivity contribution >= 4 is 5.97 Å². The number of methoxy groups -OCH3 is 2. The molecule has 8 nitrogen and oxygen atoms in total. The van der Waals surface area contributed by atoms with Gasteiger partial charge in [0, 0.05) is 19.6 Å². The van der Waals surface area contributed by atoms with E-state index >= 15 is 0 Å². The summed E-state index contributed by atoms with van der Waals surface area (Å²) in [6.07, 6.45) is 0. The molecule has 0 bridgehead atoms. The van der Waals surface area contributed by atoms with Crippen molar-refractivity contribution in [1.29, 1.82) is 0 Å². The molecule has 0 radical (unpaired) electrons. The maximum atomic E-state index is 12.7. The molecule has 29 heavy (non-hydrogen) atoms. The van der Waals surface area contributed by atoms with Gasteiger partial charge in [0.2, 0.25) is 11.7 Å². The fourth-order valence-electron chi connectivity index (χ4n) is 2.63. The minimum atomic E-state index is -0.549. The van der Waals surface area contributed by atoms with Gasteiger partial charge in [-0.2, -0.15) is 4.98 Å². The van der Waals surface area contributed by atoms with Crippen molar-refractivity contribution in [3.8, 4) is 22.9 Å². The first-order chi connectivity index (χ1) is 14.1. The van der Waals surface area contributed by atoms with Crippen molar-refractivity contribution in [1.82, 2.24) is 10.1 Å². The Bertz CT molecular complexity index is 955. The van der Waals surface area contributed by atoms with Gasteiger partial charge in [0.1, 0.15) is 13.2 Å². The van der Waals surface area contributed by atoms with Crippen molar-refractivity contribution in [2.75, 3.05) is 27.4 Å². The summed E-state index contributed by atoms with van der Waals surface area (Å²) < 4.78 is 26.6. The molecule has 8 heteroatoms. The summed E-state index contributed by atoms with van der Waals surface area (Å²) in [7, 11) is 3.05. The van der Waals surface area contributed by atoms with Crippen LogP contribution in [0, 0.1) is 6.92 Å². The van der Waals surface area contributed by atoms with Crippen LogP contribution in [0.25, 0.3) is 11.4 Å². The van der Waals surface area contributed by atoms with E-state index in [1.54, 1.807) is 19.1 Å². The highest BCUT2D eigenvalue weighted by atomic mass is 16.6. The molecule has 0 aliphatic heterocycles. The molecule has 0 N–H and O–H groups in total. The van der Waals surface area contributed by atoms with Gasteiger partial charge < -0.3 is 23.5 Å². The van der Waals surface area contributed by atoms with Gasteiger partial charge in [-0.3, -0.25) is 0 Å². The number of aromatic nitrogens is 2. The zero-order valence-corrected chi connectivity index (χ0v) is 16.5. The molecule has 3 rings (SSSR count). The summed E-state index contributed by atoms with van der Waals surface area (Å²) in [4.78, 5) is 16.9. The molecule has 0 saturated heterocycles. The fourth-order valence-corrected chi connectivity index (χ4v) is 2.63. The van der Waals surface area contributed by atoms with Gasteiger partial charge in [0.15, 0.2) is 11.5 Å². The molecule has 152 valence electrons. The first kappa shape index (κ1) is 20.3. The predicted octanol–water partition coefficient (Wildman–Crippen LogP) is 3.44. The zero-order valence-electron chi connectivity index (χ0n) is 16.5. The lowest BCUT2D eigenvalue weighted by Crippen LogP contribution is -2.12. The van der Waals surface area contributed by atoms with Crippen molar-refractivity contribution in [3.63, 3.8) is 0 Å². The highest BCUT2D eigenvalue weighted by molar-refractivity contribution is 5.97. The zero-order chi connectivity index (χ0) is 20.6. The number of carbonyl (C=O) groups is 1. The molecule has 0 atom stereocenters. The van der Waals surface area contributed by atoms with Crippen LogP contribution in [0.15, 0.2) is 47.0 Å². The van der Waals surface area contributed by atoms with E-state index in [1.165, 1.54) is 14.2 Å². The number of hydrogen-bond acceptors (Lipinski definition) is 8. The molecule has 0 unspecified atom stereocenters. The molecular formula is C21H22N2O6. The quantitative estimate of drug-likeness (QED) is 0.400. The Balaban J connectivity index is 1.95. The largest absolute Gasteiger partial charge is 0.493 e. The SMILES string of the molecule is COCCOC(=O)c1cc(OCc2ccccc2)c(OC)cc1-c1noc(C)n1. The lowest BCUT2D eigenvalue weighted by molar-refractivity contribution is 0.0388. The minimum Gasteiger partial charge on any atom is -0.493 e. The lowest BCUT2D eigenvalue weighted by Gasteiger charge is -2.15. The number of nitrogens with zero attached hydrogens (tertiary/aromatic N) is 2. The highest BCUT2D eigenvalue weighted by Crippen LogP contribution is 2.36. The van der Waals surface area contributed by atoms with E-state index in [1.807, 2.05) is 30.3 Å². The monoisotopic (exact) mass is 398 g/mol. The maximum Gasteiger partial charge on any atom is 0.339 e. The van der Waals surface area contributed by atoms with E-state index in [2.05, 4.69) is 10.1 Å². The standard InChI is InChI=1S/C21H22N2O6/c1-14-22-20(23-29-14)16-11-18(26-3)19(28-13-15-7-5-4-6-8-15)12-17(16)21(24)27-10-9-25-2/h4-8,11-12H,9-10,13H2,1-3H3. The molecule has 0 aliphatic rings. The van der Waals surface area contributed by atoms with Gasteiger partial charge in [-0.15, -0.1) is 0 Å². The van der Waals surface area contributed by atoms with Crippen LogP contribution in [0.1, 0.15) is 21.8 Å². The Morgan fingerprint density at radius 3 is 2.52 bits per heavy atom. The van der Waals surface area contributed by atoms with E-state index in [4.69, 9.17) is 23.5 Å². The minimum absolute atomic E-state index is 0.117. The third-order valence-corrected chi connectivity index (χ3v) is 4.05. The summed E-state index contributed by atoms with van der Waals surface area (Å²) in [6, 6.07) is 12.9. The van der Waals surface area contributed by atoms with Crippen LogP contribution < -0.4 is 9.47 Å². The summed E-state index contributed by atoms with van der Waals surface area (Å²) in [5.41, 5.74) is 1.65. The summed E-state index contributed by atoms with van der Waals surface area (Å²) in [5.74, 6) is 0.925. The third-order valence-electron chi connectivity index (χ3n) is 4.05. The van der Waals surface area contributed by atoms with Crippen molar-refractivity contribution < 1.29 is 28.3 Å². The first-order valence-corrected chi connectivity index (χ1v) is 8.98. The van der Waals surface area contributed by atoms with E-state index in [0.29, 0.717) is 29.6 Å². The van der Waals surface area contributed by atoms with E-state index < -0.39 is 5.97 Å². The van der Waals surface area contributed by atoms with Crippen molar-refractivity contribution in [2.24, 2.45) is 0 Å². The van der Waals surface area contributed by atoms with Gasteiger partial charge in [-0.25, -0.2) is 4.79 Å². The van der Waals surface area contributed by atoms with E-state index in [9.17, 15) is 4.79 Å². The number of aryl methyl sites for hydroxylation is 1. The van der Waals surface area contributed by atoms with E-state index in [-0.39, 0.29) is 24.6 Å². The Labute approximate surface area is 168 Å². The molecule has 0 aliphatic carbocycles. The lowest BCUT2D eigenvalue weighted by atomic mass is 10.1. The smallest absolute Gasteiger partial charge is 0.339 e. The normalized spacial score (nSPS) is 10.6. The van der Waals surface area contributed by atoms with Crippen LogP contribution in [-0.2, 0) is 16.1 Å². The summed E-state index contributed by atoms with van der Waals surface area (Å²) in [6.45, 7) is 2.39. The predicted molar refractivity (Wildman–Crippen MR) is 104 cm³/mol. The number of carbonyl (C=O) groups excluding carboxylic acids is 1. The maximum absolute atomic E-state index is 12.7. The molecule has 0 spiro atoms. The van der Waals surface area contributed by atoms with Gasteiger partial charge in [-0.1, -0.05) is 35.5 Å². The van der Waals surface area contributed by atoms with Crippen LogP contribution in [0.5, 0.6) is 11.5 Å². The fraction of sp³-hybridized carbons (Fsp3) is 0.286. The van der Waals surface area contributed by atoms with Gasteiger partial charge >= 0.3 is 5.97 Å². The van der Waals surface area contributed by atoms with Gasteiger partial charge in [-0.05, 0) is 17.7 Å². The number of esters is 1. The molecular weight excluding hydrogens is 376 g/mol. The molecule has 0 amide bonds. The molecule has 1 heterocycles. The molecule has 1 aromatic heterocycles. The van der Waals surface area contributed by atoms with Gasteiger partial charge in [0.05, 0.1) is 19.3 Å². The summed E-state index contributed by atoms with van der Waals surface area (Å²) >= 11 is 0. The third kappa shape index (κ3) is 5.11. The van der Waals surface area contributed by atoms with Gasteiger partial charge in [0.25, 0.3) is 0 Å². The molecule has 3 aromatic rings. The Hall–Kier alpha value is -3.39. The second-order valence-corrected chi connectivity index (χ2v) is 6.09. The van der Waals surface area contributed by atoms with Crippen molar-refractivity contribution in [2.45, 2.75) is 13.5 Å².